The summed E-state index contributed by atoms with van der Waals surface area (Å²) < 4.78 is 18.7. The van der Waals surface area contributed by atoms with Gasteiger partial charge in [-0.15, -0.1) is 0 Å². The number of carboxylic acids is 1. The van der Waals surface area contributed by atoms with Crippen molar-refractivity contribution >= 4 is 17.6 Å². The number of aliphatic hydroxyl groups is 2. The number of aryl methyl sites for hydroxylation is 1. The third kappa shape index (κ3) is 9.84. The van der Waals surface area contributed by atoms with Crippen molar-refractivity contribution in [3.05, 3.63) is 105 Å². The fraction of sp³-hybridized carbons (Fsp3) is 0.390. The summed E-state index contributed by atoms with van der Waals surface area (Å²) in [6, 6.07) is 17.3. The lowest BCUT2D eigenvalue weighted by Crippen LogP contribution is -2.52. The van der Waals surface area contributed by atoms with Crippen LogP contribution in [-0.4, -0.2) is 75.7 Å². The number of nitriles is 1. The molecule has 0 amide bonds. The minimum absolute atomic E-state index is 0.0282. The van der Waals surface area contributed by atoms with E-state index < -0.39 is 18.1 Å². The van der Waals surface area contributed by atoms with Crippen LogP contribution in [0.3, 0.4) is 0 Å². The van der Waals surface area contributed by atoms with Crippen molar-refractivity contribution in [3.8, 4) is 34.4 Å². The molecule has 4 N–H and O–H groups in total. The molecular weight excluding hydrogens is 696 g/mol. The number of hydrogen-bond donors (Lipinski definition) is 4. The van der Waals surface area contributed by atoms with Gasteiger partial charge >= 0.3 is 5.97 Å². The van der Waals surface area contributed by atoms with Crippen molar-refractivity contribution in [2.45, 2.75) is 71.9 Å². The summed E-state index contributed by atoms with van der Waals surface area (Å²) in [6.07, 6.45) is 4.55. The lowest BCUT2D eigenvalue weighted by molar-refractivity contribution is -0.145. The van der Waals surface area contributed by atoms with Gasteiger partial charge in [0.1, 0.15) is 42.1 Å². The Morgan fingerprint density at radius 1 is 1.04 bits per heavy atom. The maximum absolute atomic E-state index is 11.8. The van der Waals surface area contributed by atoms with E-state index in [1.165, 1.54) is 13.1 Å². The summed E-state index contributed by atoms with van der Waals surface area (Å²) in [5.74, 6) is 0.398. The number of nitrogens with one attached hydrogen (secondary N) is 1. The number of β-amino-alcohol motifs (C(OH)–C–C–N with tert-alkyl or cyclic N) is 1. The van der Waals surface area contributed by atoms with Gasteiger partial charge in [0.2, 0.25) is 0 Å². The third-order valence-electron chi connectivity index (χ3n) is 9.74. The van der Waals surface area contributed by atoms with E-state index >= 15 is 0 Å². The van der Waals surface area contributed by atoms with E-state index in [0.29, 0.717) is 39.8 Å². The number of benzene rings is 3. The number of aliphatic carboxylic acids is 1. The number of ether oxygens (including phenoxy) is 3. The number of carboxylic acid groups (broad SMARTS) is 1. The van der Waals surface area contributed by atoms with E-state index in [-0.39, 0.29) is 25.9 Å². The Balaban J connectivity index is 1.34. The SMILES string of the molecule is Cc1ccc(OCCCN2CCC(O)C2)c(C)c1-c1cccc(COc2cc(OCc3cncc(C#N)c3)c(CNC(C)(CO)C(=O)O)cc2Cl)c1C. The first-order chi connectivity index (χ1) is 25.4. The molecule has 4 aromatic rings. The maximum atomic E-state index is 11.8. The average Bonchev–Trinajstić information content (AvgIpc) is 3.57. The number of rotatable bonds is 17. The van der Waals surface area contributed by atoms with Gasteiger partial charge in [-0.25, -0.2) is 0 Å². The number of halogens is 1. The highest BCUT2D eigenvalue weighted by Gasteiger charge is 2.32. The fourth-order valence-electron chi connectivity index (χ4n) is 6.39. The topological polar surface area (TPSA) is 157 Å². The Hall–Kier alpha value is -4.70. The number of aromatic nitrogens is 1. The molecule has 1 aliphatic rings. The standard InChI is InChI=1S/C41H47ClN4O7/c1-26-9-10-36(51-14-6-12-46-13-11-33(48)22-46)28(3)39(26)34-8-5-7-31(27(34)2)24-53-38-17-37(52-23-30-15-29(18-43)19-44-20-30)32(16-35(38)42)21-45-41(4,25-47)40(49)50/h5,7-10,15-17,19-20,33,45,47-48H,6,11-14,21-25H2,1-4H3,(H,49,50). The number of aliphatic hydroxyl groups excluding tert-OH is 2. The first-order valence-electron chi connectivity index (χ1n) is 17.7. The molecule has 2 atom stereocenters. The molecule has 0 bridgehead atoms. The molecule has 1 saturated heterocycles. The summed E-state index contributed by atoms with van der Waals surface area (Å²) in [7, 11) is 0. The molecule has 280 valence electrons. The van der Waals surface area contributed by atoms with Gasteiger partial charge in [-0.05, 0) is 92.1 Å². The van der Waals surface area contributed by atoms with Crippen LogP contribution in [0.25, 0.3) is 11.1 Å². The van der Waals surface area contributed by atoms with Crippen LogP contribution < -0.4 is 19.5 Å². The molecule has 0 saturated carbocycles. The van der Waals surface area contributed by atoms with Crippen LogP contribution >= 0.6 is 11.6 Å². The van der Waals surface area contributed by atoms with E-state index in [9.17, 15) is 25.4 Å². The van der Waals surface area contributed by atoms with Gasteiger partial charge in [0, 0.05) is 55.8 Å². The van der Waals surface area contributed by atoms with E-state index in [1.807, 2.05) is 18.2 Å². The fourth-order valence-corrected chi connectivity index (χ4v) is 6.63. The summed E-state index contributed by atoms with van der Waals surface area (Å²) in [5.41, 5.74) is 6.42. The van der Waals surface area contributed by atoms with E-state index in [4.69, 9.17) is 25.8 Å². The van der Waals surface area contributed by atoms with E-state index in [1.54, 1.807) is 24.4 Å². The molecule has 5 rings (SSSR count). The predicted molar refractivity (Wildman–Crippen MR) is 202 cm³/mol. The predicted octanol–water partition coefficient (Wildman–Crippen LogP) is 6.12. The van der Waals surface area contributed by atoms with Gasteiger partial charge in [-0.3, -0.25) is 15.1 Å². The zero-order valence-corrected chi connectivity index (χ0v) is 31.4. The van der Waals surface area contributed by atoms with Crippen molar-refractivity contribution in [1.29, 1.82) is 5.26 Å². The molecule has 11 nitrogen and oxygen atoms in total. The zero-order valence-electron chi connectivity index (χ0n) is 30.6. The Kier molecular flexibility index (Phi) is 13.3. The van der Waals surface area contributed by atoms with E-state index in [0.717, 1.165) is 71.6 Å². The number of likely N-dealkylation sites (tertiary alicyclic amines) is 1. The van der Waals surface area contributed by atoms with Crippen LogP contribution in [0.1, 0.15) is 58.7 Å². The third-order valence-corrected chi connectivity index (χ3v) is 10.0. The second-order valence-corrected chi connectivity index (χ2v) is 14.1. The monoisotopic (exact) mass is 742 g/mol. The molecule has 0 radical (unpaired) electrons. The van der Waals surface area contributed by atoms with E-state index in [2.05, 4.69) is 54.2 Å². The van der Waals surface area contributed by atoms with Crippen molar-refractivity contribution in [1.82, 2.24) is 15.2 Å². The molecule has 12 heteroatoms. The number of carbonyl (C=O) groups is 1. The second kappa shape index (κ2) is 17.9. The van der Waals surface area contributed by atoms with Gasteiger partial charge in [0.15, 0.2) is 0 Å². The molecule has 3 aromatic carbocycles. The highest BCUT2D eigenvalue weighted by molar-refractivity contribution is 6.32. The maximum Gasteiger partial charge on any atom is 0.326 e. The first-order valence-corrected chi connectivity index (χ1v) is 18.0. The molecule has 2 heterocycles. The van der Waals surface area contributed by atoms with Crippen molar-refractivity contribution < 1.29 is 34.3 Å². The molecule has 0 aliphatic carbocycles. The molecule has 0 spiro atoms. The normalized spacial score (nSPS) is 15.5. The molecule has 1 aromatic heterocycles. The van der Waals surface area contributed by atoms with Crippen molar-refractivity contribution in [2.24, 2.45) is 0 Å². The van der Waals surface area contributed by atoms with Crippen LogP contribution in [-0.2, 0) is 24.6 Å². The largest absolute Gasteiger partial charge is 0.493 e. The summed E-state index contributed by atoms with van der Waals surface area (Å²) in [6.45, 7) is 10.5. The second-order valence-electron chi connectivity index (χ2n) is 13.7. The Morgan fingerprint density at radius 3 is 2.55 bits per heavy atom. The molecule has 1 fully saturated rings. The van der Waals surface area contributed by atoms with Gasteiger partial charge in [-0.2, -0.15) is 5.26 Å². The Bertz CT molecular complexity index is 1970. The molecule has 53 heavy (non-hydrogen) atoms. The quantitative estimate of drug-likeness (QED) is 0.0925. The molecular formula is C41H47ClN4O7. The summed E-state index contributed by atoms with van der Waals surface area (Å²) in [4.78, 5) is 18.2. The first kappa shape index (κ1) is 39.5. The van der Waals surface area contributed by atoms with Crippen molar-refractivity contribution in [3.63, 3.8) is 0 Å². The van der Waals surface area contributed by atoms with Crippen LogP contribution in [0.5, 0.6) is 17.2 Å². The van der Waals surface area contributed by atoms with Gasteiger partial charge in [0.05, 0.1) is 29.9 Å². The smallest absolute Gasteiger partial charge is 0.326 e. The minimum Gasteiger partial charge on any atom is -0.493 e. The van der Waals surface area contributed by atoms with Gasteiger partial charge in [-0.1, -0.05) is 35.9 Å². The lowest BCUT2D eigenvalue weighted by Gasteiger charge is -2.25. The van der Waals surface area contributed by atoms with Crippen LogP contribution in [0, 0.1) is 32.1 Å². The molecule has 2 unspecified atom stereocenters. The molecule has 1 aliphatic heterocycles. The Labute approximate surface area is 315 Å². The number of pyridine rings is 1. The average molecular weight is 743 g/mol. The summed E-state index contributed by atoms with van der Waals surface area (Å²) in [5, 5.41) is 41.7. The van der Waals surface area contributed by atoms with Gasteiger partial charge in [0.25, 0.3) is 0 Å². The number of hydrogen-bond acceptors (Lipinski definition) is 10. The van der Waals surface area contributed by atoms with Crippen LogP contribution in [0.4, 0.5) is 0 Å². The number of nitrogens with zero attached hydrogens (tertiary/aromatic N) is 3. The van der Waals surface area contributed by atoms with Crippen LogP contribution in [0.15, 0.2) is 60.9 Å². The van der Waals surface area contributed by atoms with Crippen molar-refractivity contribution in [2.75, 3.05) is 32.8 Å². The highest BCUT2D eigenvalue weighted by atomic mass is 35.5. The zero-order chi connectivity index (χ0) is 38.1. The summed E-state index contributed by atoms with van der Waals surface area (Å²) >= 11 is 6.74. The highest BCUT2D eigenvalue weighted by Crippen LogP contribution is 2.38. The Morgan fingerprint density at radius 2 is 1.83 bits per heavy atom. The van der Waals surface area contributed by atoms with Crippen LogP contribution in [0.2, 0.25) is 5.02 Å². The van der Waals surface area contributed by atoms with Gasteiger partial charge < -0.3 is 34.4 Å². The lowest BCUT2D eigenvalue weighted by atomic mass is 9.90. The minimum atomic E-state index is -1.59.